The van der Waals surface area contributed by atoms with Crippen molar-refractivity contribution in [1.82, 2.24) is 4.98 Å². The van der Waals surface area contributed by atoms with Crippen molar-refractivity contribution in [3.8, 4) is 5.75 Å². The Kier molecular flexibility index (Phi) is 3.62. The molecular weight excluding hydrogens is 296 g/mol. The summed E-state index contributed by atoms with van der Waals surface area (Å²) >= 11 is 3.21. The van der Waals surface area contributed by atoms with Gasteiger partial charge >= 0.3 is 0 Å². The molecule has 2 rings (SSSR count). The summed E-state index contributed by atoms with van der Waals surface area (Å²) in [5.41, 5.74) is 1.71. The van der Waals surface area contributed by atoms with E-state index in [0.29, 0.717) is 10.3 Å². The number of benzene rings is 1. The van der Waals surface area contributed by atoms with Gasteiger partial charge in [0, 0.05) is 0 Å². The smallest absolute Gasteiger partial charge is 0.259 e. The largest absolute Gasteiger partial charge is 0.507 e. The van der Waals surface area contributed by atoms with E-state index in [2.05, 4.69) is 26.2 Å². The molecule has 0 saturated heterocycles. The van der Waals surface area contributed by atoms with Gasteiger partial charge < -0.3 is 10.4 Å². The standard InChI is InChI=1S/C13H11BrN2O2/c1-8-2-4-10(11(17)6-8)13(18)16-9-3-5-12(14)15-7-9/h2-7,17H,1H3,(H,16,18). The molecule has 0 aliphatic carbocycles. The van der Waals surface area contributed by atoms with Crippen LogP contribution in [0.4, 0.5) is 5.69 Å². The van der Waals surface area contributed by atoms with Crippen molar-refractivity contribution in [2.24, 2.45) is 0 Å². The highest BCUT2D eigenvalue weighted by Crippen LogP contribution is 2.20. The van der Waals surface area contributed by atoms with Crippen LogP contribution < -0.4 is 5.32 Å². The van der Waals surface area contributed by atoms with E-state index in [1.807, 2.05) is 6.92 Å². The molecule has 0 atom stereocenters. The molecule has 2 aromatic rings. The maximum absolute atomic E-state index is 11.9. The maximum atomic E-state index is 11.9. The number of phenols is 1. The average Bonchev–Trinajstić information content (AvgIpc) is 2.32. The van der Waals surface area contributed by atoms with Gasteiger partial charge in [-0.05, 0) is 52.7 Å². The Labute approximate surface area is 113 Å². The van der Waals surface area contributed by atoms with Gasteiger partial charge in [0.2, 0.25) is 0 Å². The lowest BCUT2D eigenvalue weighted by Crippen LogP contribution is -2.12. The molecule has 0 aliphatic rings. The lowest BCUT2D eigenvalue weighted by Gasteiger charge is -2.07. The molecule has 92 valence electrons. The molecule has 0 bridgehead atoms. The van der Waals surface area contributed by atoms with Gasteiger partial charge in [-0.1, -0.05) is 6.07 Å². The third kappa shape index (κ3) is 2.87. The Balaban J connectivity index is 2.19. The van der Waals surface area contributed by atoms with Gasteiger partial charge in [0.25, 0.3) is 5.91 Å². The SMILES string of the molecule is Cc1ccc(C(=O)Nc2ccc(Br)nc2)c(O)c1. The van der Waals surface area contributed by atoms with Gasteiger partial charge in [-0.15, -0.1) is 0 Å². The van der Waals surface area contributed by atoms with Crippen molar-refractivity contribution in [3.05, 3.63) is 52.3 Å². The first-order valence-corrected chi connectivity index (χ1v) is 6.08. The van der Waals surface area contributed by atoms with Gasteiger partial charge in [0.05, 0.1) is 17.4 Å². The number of nitrogens with zero attached hydrogens (tertiary/aromatic N) is 1. The van der Waals surface area contributed by atoms with Gasteiger partial charge in [-0.2, -0.15) is 0 Å². The summed E-state index contributed by atoms with van der Waals surface area (Å²) in [6.07, 6.45) is 1.53. The van der Waals surface area contributed by atoms with E-state index in [1.54, 1.807) is 30.3 Å². The van der Waals surface area contributed by atoms with Crippen LogP contribution in [-0.4, -0.2) is 16.0 Å². The number of hydrogen-bond donors (Lipinski definition) is 2. The van der Waals surface area contributed by atoms with E-state index in [0.717, 1.165) is 5.56 Å². The first-order chi connectivity index (χ1) is 8.56. The predicted octanol–water partition coefficient (Wildman–Crippen LogP) is 3.11. The number of nitrogens with one attached hydrogen (secondary N) is 1. The van der Waals surface area contributed by atoms with Crippen molar-refractivity contribution < 1.29 is 9.90 Å². The molecule has 0 saturated carbocycles. The zero-order chi connectivity index (χ0) is 13.1. The minimum absolute atomic E-state index is 0.0300. The maximum Gasteiger partial charge on any atom is 0.259 e. The summed E-state index contributed by atoms with van der Waals surface area (Å²) in [6, 6.07) is 8.36. The Morgan fingerprint density at radius 1 is 1.33 bits per heavy atom. The summed E-state index contributed by atoms with van der Waals surface area (Å²) in [7, 11) is 0. The van der Waals surface area contributed by atoms with E-state index >= 15 is 0 Å². The van der Waals surface area contributed by atoms with Crippen LogP contribution >= 0.6 is 15.9 Å². The van der Waals surface area contributed by atoms with E-state index in [1.165, 1.54) is 6.20 Å². The molecule has 0 fully saturated rings. The number of aryl methyl sites for hydroxylation is 1. The average molecular weight is 307 g/mol. The van der Waals surface area contributed by atoms with Crippen LogP contribution in [0.25, 0.3) is 0 Å². The fraction of sp³-hybridized carbons (Fsp3) is 0.0769. The number of hydrogen-bond acceptors (Lipinski definition) is 3. The number of carbonyl (C=O) groups is 1. The van der Waals surface area contributed by atoms with Crippen molar-refractivity contribution in [2.75, 3.05) is 5.32 Å². The molecule has 2 N–H and O–H groups in total. The first kappa shape index (κ1) is 12.6. The predicted molar refractivity (Wildman–Crippen MR) is 72.7 cm³/mol. The van der Waals surface area contributed by atoms with Crippen LogP contribution in [0.5, 0.6) is 5.75 Å². The Morgan fingerprint density at radius 2 is 2.11 bits per heavy atom. The minimum Gasteiger partial charge on any atom is -0.507 e. The third-order valence-corrected chi connectivity index (χ3v) is 2.85. The van der Waals surface area contributed by atoms with Crippen molar-refractivity contribution in [2.45, 2.75) is 6.92 Å². The molecule has 0 aliphatic heterocycles. The number of pyridine rings is 1. The molecule has 5 heteroatoms. The van der Waals surface area contributed by atoms with Crippen LogP contribution in [0.1, 0.15) is 15.9 Å². The monoisotopic (exact) mass is 306 g/mol. The zero-order valence-corrected chi connectivity index (χ0v) is 11.2. The second-order valence-corrected chi connectivity index (χ2v) is 4.66. The summed E-state index contributed by atoms with van der Waals surface area (Å²) < 4.78 is 0.693. The van der Waals surface area contributed by atoms with Crippen molar-refractivity contribution >= 4 is 27.5 Å². The lowest BCUT2D eigenvalue weighted by molar-refractivity contribution is 0.102. The highest BCUT2D eigenvalue weighted by molar-refractivity contribution is 9.10. The van der Waals surface area contributed by atoms with E-state index in [-0.39, 0.29) is 17.2 Å². The van der Waals surface area contributed by atoms with Gasteiger partial charge in [0.1, 0.15) is 10.4 Å². The van der Waals surface area contributed by atoms with E-state index < -0.39 is 0 Å². The fourth-order valence-electron chi connectivity index (χ4n) is 1.48. The van der Waals surface area contributed by atoms with E-state index in [4.69, 9.17) is 0 Å². The number of anilines is 1. The molecule has 1 amide bonds. The summed E-state index contributed by atoms with van der Waals surface area (Å²) in [4.78, 5) is 15.9. The number of aromatic hydroxyl groups is 1. The topological polar surface area (TPSA) is 62.2 Å². The first-order valence-electron chi connectivity index (χ1n) is 5.29. The number of phenolic OH excluding ortho intramolecular Hbond substituents is 1. The van der Waals surface area contributed by atoms with Crippen molar-refractivity contribution in [3.63, 3.8) is 0 Å². The molecule has 1 aromatic carbocycles. The lowest BCUT2D eigenvalue weighted by atomic mass is 10.1. The second-order valence-electron chi connectivity index (χ2n) is 3.84. The van der Waals surface area contributed by atoms with Crippen LogP contribution in [0.2, 0.25) is 0 Å². The normalized spacial score (nSPS) is 10.1. The quantitative estimate of drug-likeness (QED) is 0.838. The van der Waals surface area contributed by atoms with Crippen molar-refractivity contribution in [1.29, 1.82) is 0 Å². The Bertz CT molecular complexity index is 582. The van der Waals surface area contributed by atoms with Gasteiger partial charge in [-0.25, -0.2) is 4.98 Å². The number of aromatic nitrogens is 1. The highest BCUT2D eigenvalue weighted by Gasteiger charge is 2.11. The zero-order valence-electron chi connectivity index (χ0n) is 9.64. The van der Waals surface area contributed by atoms with Crippen LogP contribution in [0.3, 0.4) is 0 Å². The Hall–Kier alpha value is -1.88. The molecule has 1 aromatic heterocycles. The molecular formula is C13H11BrN2O2. The fourth-order valence-corrected chi connectivity index (χ4v) is 1.72. The summed E-state index contributed by atoms with van der Waals surface area (Å²) in [5, 5.41) is 12.4. The minimum atomic E-state index is -0.364. The molecule has 1 heterocycles. The van der Waals surface area contributed by atoms with Gasteiger partial charge in [-0.3, -0.25) is 4.79 Å². The number of rotatable bonds is 2. The highest BCUT2D eigenvalue weighted by atomic mass is 79.9. The summed E-state index contributed by atoms with van der Waals surface area (Å²) in [5.74, 6) is -0.394. The van der Waals surface area contributed by atoms with Crippen LogP contribution in [0, 0.1) is 6.92 Å². The molecule has 18 heavy (non-hydrogen) atoms. The Morgan fingerprint density at radius 3 is 2.72 bits per heavy atom. The third-order valence-electron chi connectivity index (χ3n) is 2.38. The molecule has 0 unspecified atom stereocenters. The second kappa shape index (κ2) is 5.18. The summed E-state index contributed by atoms with van der Waals surface area (Å²) in [6.45, 7) is 1.85. The van der Waals surface area contributed by atoms with E-state index in [9.17, 15) is 9.90 Å². The molecule has 4 nitrogen and oxygen atoms in total. The number of carbonyl (C=O) groups excluding carboxylic acids is 1. The van der Waals surface area contributed by atoms with Crippen LogP contribution in [0.15, 0.2) is 41.1 Å². The molecule has 0 spiro atoms. The number of halogens is 1. The van der Waals surface area contributed by atoms with Gasteiger partial charge in [0.15, 0.2) is 0 Å². The van der Waals surface area contributed by atoms with Crippen LogP contribution in [-0.2, 0) is 0 Å². The molecule has 0 radical (unpaired) electrons. The number of amides is 1.